The summed E-state index contributed by atoms with van der Waals surface area (Å²) in [5, 5.41) is 33.8. The van der Waals surface area contributed by atoms with Gasteiger partial charge in [-0.2, -0.15) is 15.6 Å². The minimum Gasteiger partial charge on any atom is -0.478 e. The Morgan fingerprint density at radius 2 is 1.75 bits per heavy atom. The molecule has 0 bridgehead atoms. The predicted octanol–water partition coefficient (Wildman–Crippen LogP) is 3.60. The Morgan fingerprint density at radius 3 is 2.38 bits per heavy atom. The van der Waals surface area contributed by atoms with Crippen molar-refractivity contribution >= 4 is 40.3 Å². The molecular weight excluding hydrogens is 330 g/mol. The first-order valence-corrected chi connectivity index (χ1v) is 6.96. The Kier molecular flexibility index (Phi) is 5.35. The molecule has 2 aromatic carbocycles. The van der Waals surface area contributed by atoms with Crippen LogP contribution in [0.3, 0.4) is 0 Å². The third-order valence-electron chi connectivity index (χ3n) is 2.93. The number of hydrogen-bond acceptors (Lipinski definition) is 6. The van der Waals surface area contributed by atoms with Crippen LogP contribution in [-0.2, 0) is 0 Å². The Bertz CT molecular complexity index is 880. The van der Waals surface area contributed by atoms with Crippen LogP contribution in [0.25, 0.3) is 0 Å². The molecule has 7 nitrogen and oxygen atoms in total. The highest BCUT2D eigenvalue weighted by molar-refractivity contribution is 6.33. The third-order valence-corrected chi connectivity index (χ3v) is 3.26. The average Bonchev–Trinajstić information content (AvgIpc) is 2.58. The second-order valence-corrected chi connectivity index (χ2v) is 4.84. The number of carboxylic acid groups (broad SMARTS) is 1. The van der Waals surface area contributed by atoms with E-state index in [0.717, 1.165) is 0 Å². The number of nitrogens with one attached hydrogen (secondary N) is 2. The summed E-state index contributed by atoms with van der Waals surface area (Å²) in [6.07, 6.45) is 0. The first-order valence-electron chi connectivity index (χ1n) is 6.58. The van der Waals surface area contributed by atoms with Gasteiger partial charge in [-0.3, -0.25) is 5.43 Å². The summed E-state index contributed by atoms with van der Waals surface area (Å²) in [4.78, 5) is 11.5. The zero-order valence-electron chi connectivity index (χ0n) is 12.1. The van der Waals surface area contributed by atoms with Gasteiger partial charge in [-0.15, -0.1) is 0 Å². The fourth-order valence-corrected chi connectivity index (χ4v) is 2.03. The van der Waals surface area contributed by atoms with E-state index in [1.807, 2.05) is 0 Å². The molecule has 2 rings (SSSR count). The summed E-state index contributed by atoms with van der Waals surface area (Å²) in [6.45, 7) is 0. The summed E-state index contributed by atoms with van der Waals surface area (Å²) in [5.74, 6) is -1.15. The van der Waals surface area contributed by atoms with Crippen LogP contribution in [0.2, 0.25) is 5.02 Å². The summed E-state index contributed by atoms with van der Waals surface area (Å²) < 4.78 is 0. The van der Waals surface area contributed by atoms with Crippen molar-refractivity contribution in [2.24, 2.45) is 5.10 Å². The predicted molar refractivity (Wildman–Crippen MR) is 90.4 cm³/mol. The highest BCUT2D eigenvalue weighted by Crippen LogP contribution is 2.32. The Balaban J connectivity index is 2.49. The third kappa shape index (κ3) is 3.80. The van der Waals surface area contributed by atoms with Crippen LogP contribution in [0.1, 0.15) is 10.4 Å². The number of rotatable bonds is 5. The number of aromatic carboxylic acids is 1. The highest BCUT2D eigenvalue weighted by Gasteiger charge is 2.15. The van der Waals surface area contributed by atoms with Crippen molar-refractivity contribution in [3.05, 3.63) is 53.1 Å². The maximum Gasteiger partial charge on any atom is 0.337 e. The van der Waals surface area contributed by atoms with E-state index in [9.17, 15) is 9.90 Å². The van der Waals surface area contributed by atoms with E-state index in [0.29, 0.717) is 10.7 Å². The lowest BCUT2D eigenvalue weighted by molar-refractivity contribution is 0.0698. The number of anilines is 3. The van der Waals surface area contributed by atoms with Gasteiger partial charge in [0.25, 0.3) is 0 Å². The molecule has 0 aliphatic heterocycles. The van der Waals surface area contributed by atoms with Crippen LogP contribution in [0, 0.1) is 22.7 Å². The molecule has 118 valence electrons. The molecule has 3 N–H and O–H groups in total. The molecule has 0 fully saturated rings. The molecule has 0 spiro atoms. The number of hydrazone groups is 1. The molecule has 0 aliphatic rings. The van der Waals surface area contributed by atoms with Gasteiger partial charge in [0.15, 0.2) is 0 Å². The molecule has 0 saturated carbocycles. The zero-order valence-corrected chi connectivity index (χ0v) is 12.9. The summed E-state index contributed by atoms with van der Waals surface area (Å²) in [7, 11) is 0. The van der Waals surface area contributed by atoms with E-state index < -0.39 is 5.97 Å². The lowest BCUT2D eigenvalue weighted by Crippen LogP contribution is -2.07. The summed E-state index contributed by atoms with van der Waals surface area (Å²) >= 11 is 6.09. The van der Waals surface area contributed by atoms with Crippen molar-refractivity contribution in [3.63, 3.8) is 0 Å². The Morgan fingerprint density at radius 1 is 1.08 bits per heavy atom. The number of carboxylic acids is 1. The SMILES string of the molecule is N#CC(C#N)=NNc1cccc(C(=O)O)c1Nc1ccccc1Cl. The molecule has 24 heavy (non-hydrogen) atoms. The van der Waals surface area contributed by atoms with Gasteiger partial charge in [-0.25, -0.2) is 4.79 Å². The smallest absolute Gasteiger partial charge is 0.337 e. The fraction of sp³-hybridized carbons (Fsp3) is 0. The number of nitriles is 2. The van der Waals surface area contributed by atoms with Crippen molar-refractivity contribution in [2.45, 2.75) is 0 Å². The number of carbonyl (C=O) groups is 1. The standard InChI is InChI=1S/C16H10ClN5O2/c17-12-5-1-2-6-13(12)20-15-11(16(23)24)4-3-7-14(15)22-21-10(8-18)9-19/h1-7,20,22H,(H,23,24). The maximum atomic E-state index is 11.5. The van der Waals surface area contributed by atoms with Crippen molar-refractivity contribution in [1.29, 1.82) is 10.5 Å². The number of halogens is 1. The van der Waals surface area contributed by atoms with Crippen molar-refractivity contribution in [2.75, 3.05) is 10.7 Å². The molecular formula is C16H10ClN5O2. The second kappa shape index (κ2) is 7.63. The topological polar surface area (TPSA) is 121 Å². The monoisotopic (exact) mass is 339 g/mol. The van der Waals surface area contributed by atoms with Gasteiger partial charge in [0.2, 0.25) is 5.71 Å². The molecule has 0 radical (unpaired) electrons. The van der Waals surface area contributed by atoms with E-state index in [-0.39, 0.29) is 22.6 Å². The lowest BCUT2D eigenvalue weighted by Gasteiger charge is -2.15. The van der Waals surface area contributed by atoms with Gasteiger partial charge in [0.05, 0.1) is 27.6 Å². The van der Waals surface area contributed by atoms with E-state index in [1.54, 1.807) is 42.5 Å². The maximum absolute atomic E-state index is 11.5. The molecule has 0 heterocycles. The quantitative estimate of drug-likeness (QED) is 0.565. The highest BCUT2D eigenvalue weighted by atomic mass is 35.5. The second-order valence-electron chi connectivity index (χ2n) is 4.43. The van der Waals surface area contributed by atoms with Gasteiger partial charge in [0, 0.05) is 0 Å². The molecule has 0 unspecified atom stereocenters. The van der Waals surface area contributed by atoms with Crippen molar-refractivity contribution < 1.29 is 9.90 Å². The Labute approximate surface area is 142 Å². The largest absolute Gasteiger partial charge is 0.478 e. The fourth-order valence-electron chi connectivity index (χ4n) is 1.85. The van der Waals surface area contributed by atoms with Crippen LogP contribution in [0.4, 0.5) is 17.1 Å². The van der Waals surface area contributed by atoms with Crippen LogP contribution in [0.15, 0.2) is 47.6 Å². The van der Waals surface area contributed by atoms with E-state index >= 15 is 0 Å². The van der Waals surface area contributed by atoms with E-state index in [1.165, 1.54) is 12.1 Å². The minimum absolute atomic E-state index is 0.0226. The number of para-hydroxylation sites is 2. The molecule has 8 heteroatoms. The van der Waals surface area contributed by atoms with Crippen LogP contribution in [-0.4, -0.2) is 16.8 Å². The van der Waals surface area contributed by atoms with Crippen molar-refractivity contribution in [1.82, 2.24) is 0 Å². The molecule has 0 aliphatic carbocycles. The molecule has 0 atom stereocenters. The minimum atomic E-state index is -1.15. The van der Waals surface area contributed by atoms with E-state index in [4.69, 9.17) is 22.1 Å². The number of benzene rings is 2. The first kappa shape index (κ1) is 16.8. The van der Waals surface area contributed by atoms with Crippen LogP contribution < -0.4 is 10.7 Å². The molecule has 0 aromatic heterocycles. The van der Waals surface area contributed by atoms with Crippen LogP contribution >= 0.6 is 11.6 Å². The van der Waals surface area contributed by atoms with Crippen LogP contribution in [0.5, 0.6) is 0 Å². The molecule has 0 amide bonds. The van der Waals surface area contributed by atoms with Gasteiger partial charge < -0.3 is 10.4 Å². The van der Waals surface area contributed by atoms with Gasteiger partial charge in [-0.05, 0) is 24.3 Å². The summed E-state index contributed by atoms with van der Waals surface area (Å²) in [6, 6.07) is 14.5. The lowest BCUT2D eigenvalue weighted by atomic mass is 10.1. The van der Waals surface area contributed by atoms with Crippen molar-refractivity contribution in [3.8, 4) is 12.1 Å². The van der Waals surface area contributed by atoms with Gasteiger partial charge in [-0.1, -0.05) is 29.8 Å². The normalized spacial score (nSPS) is 9.29. The molecule has 0 saturated heterocycles. The van der Waals surface area contributed by atoms with Gasteiger partial charge in [0.1, 0.15) is 12.1 Å². The number of hydrogen-bond donors (Lipinski definition) is 3. The Hall–Kier alpha value is -3.55. The average molecular weight is 340 g/mol. The number of nitrogens with zero attached hydrogens (tertiary/aromatic N) is 3. The summed E-state index contributed by atoms with van der Waals surface area (Å²) in [5.41, 5.74) is 3.09. The van der Waals surface area contributed by atoms with E-state index in [2.05, 4.69) is 15.8 Å². The first-order chi connectivity index (χ1) is 11.6. The zero-order chi connectivity index (χ0) is 17.5. The molecule has 2 aromatic rings. The van der Waals surface area contributed by atoms with Gasteiger partial charge >= 0.3 is 5.97 Å².